The third-order valence-corrected chi connectivity index (χ3v) is 6.34. The number of hydrogen-bond donors (Lipinski definition) is 2. The number of aromatic amines is 1. The summed E-state index contributed by atoms with van der Waals surface area (Å²) in [5, 5.41) is 23.2. The van der Waals surface area contributed by atoms with Crippen molar-refractivity contribution >= 4 is 39.7 Å². The number of aromatic nitrogens is 1. The first-order chi connectivity index (χ1) is 17.3. The van der Waals surface area contributed by atoms with Crippen LogP contribution in [0.25, 0.3) is 16.7 Å². The molecule has 180 valence electrons. The molecule has 5 rings (SSSR count). The molecule has 9 nitrogen and oxygen atoms in total. The molecule has 0 radical (unpaired) electrons. The summed E-state index contributed by atoms with van der Waals surface area (Å²) in [6.07, 6.45) is 0. The number of carbonyl (C=O) groups is 2. The molecule has 0 saturated carbocycles. The molecule has 36 heavy (non-hydrogen) atoms. The van der Waals surface area contributed by atoms with Crippen LogP contribution in [0.4, 0.5) is 11.4 Å². The van der Waals surface area contributed by atoms with E-state index < -0.39 is 28.4 Å². The third-order valence-electron chi connectivity index (χ3n) is 6.34. The van der Waals surface area contributed by atoms with Gasteiger partial charge in [0.05, 0.1) is 23.6 Å². The summed E-state index contributed by atoms with van der Waals surface area (Å²) < 4.78 is 5.33. The SMILES string of the molecule is COc1cccc(N2C(=O)C(=O)/C(=C(/O)c3ccc([N+](=O)[O-])cc3)C2c2c(C)[nH]c3ccccc23)c1. The Morgan fingerprint density at radius 2 is 1.78 bits per heavy atom. The first kappa shape index (κ1) is 22.9. The molecule has 9 heteroatoms. The van der Waals surface area contributed by atoms with Gasteiger partial charge in [-0.2, -0.15) is 0 Å². The Balaban J connectivity index is 1.78. The summed E-state index contributed by atoms with van der Waals surface area (Å²) in [4.78, 5) is 42.0. The molecule has 0 spiro atoms. The Morgan fingerprint density at radius 1 is 1.06 bits per heavy atom. The number of anilines is 1. The summed E-state index contributed by atoms with van der Waals surface area (Å²) in [5.74, 6) is -1.58. The quantitative estimate of drug-likeness (QED) is 0.135. The lowest BCUT2D eigenvalue weighted by atomic mass is 9.93. The number of rotatable bonds is 5. The van der Waals surface area contributed by atoms with Crippen LogP contribution >= 0.6 is 0 Å². The van der Waals surface area contributed by atoms with E-state index in [1.807, 2.05) is 31.2 Å². The summed E-state index contributed by atoms with van der Waals surface area (Å²) in [5.41, 5.74) is 2.55. The highest BCUT2D eigenvalue weighted by atomic mass is 16.6. The monoisotopic (exact) mass is 483 g/mol. The standard InChI is InChI=1S/C27H21N3O6/c1-15-22(20-8-3-4-9-21(20)28-15)24-23(25(31)16-10-12-17(13-11-16)30(34)35)26(32)27(33)29(24)18-6-5-7-19(14-18)36-2/h3-14,24,28,31H,1-2H3/b25-23+. The first-order valence-electron chi connectivity index (χ1n) is 11.1. The van der Waals surface area contributed by atoms with Crippen molar-refractivity contribution in [3.63, 3.8) is 0 Å². The second-order valence-corrected chi connectivity index (χ2v) is 8.38. The number of aliphatic hydroxyl groups excluding tert-OH is 1. The fourth-order valence-electron chi connectivity index (χ4n) is 4.68. The highest BCUT2D eigenvalue weighted by Crippen LogP contribution is 2.46. The number of benzene rings is 3. The van der Waals surface area contributed by atoms with E-state index in [4.69, 9.17) is 4.74 Å². The molecular formula is C27H21N3O6. The Hall–Kier alpha value is -4.92. The third kappa shape index (κ3) is 3.58. The summed E-state index contributed by atoms with van der Waals surface area (Å²) in [7, 11) is 1.50. The first-order valence-corrected chi connectivity index (χ1v) is 11.1. The van der Waals surface area contributed by atoms with Crippen LogP contribution in [0.15, 0.2) is 78.4 Å². The number of non-ortho nitro benzene ring substituents is 1. The molecule has 1 aromatic heterocycles. The van der Waals surface area contributed by atoms with Crippen LogP contribution in [0.5, 0.6) is 5.75 Å². The molecule has 1 fully saturated rings. The number of carbonyl (C=O) groups excluding carboxylic acids is 2. The summed E-state index contributed by atoms with van der Waals surface area (Å²) in [6.45, 7) is 1.84. The molecule has 1 atom stereocenters. The number of ketones is 1. The van der Waals surface area contributed by atoms with E-state index in [9.17, 15) is 24.8 Å². The van der Waals surface area contributed by atoms with Crippen LogP contribution < -0.4 is 9.64 Å². The maximum Gasteiger partial charge on any atom is 0.300 e. The number of aryl methyl sites for hydroxylation is 1. The molecule has 1 aliphatic heterocycles. The molecule has 1 aliphatic rings. The summed E-state index contributed by atoms with van der Waals surface area (Å²) >= 11 is 0. The fraction of sp³-hybridized carbons (Fsp3) is 0.111. The topological polar surface area (TPSA) is 126 Å². The number of ether oxygens (including phenoxy) is 1. The number of nitrogens with zero attached hydrogens (tertiary/aromatic N) is 2. The van der Waals surface area contributed by atoms with Crippen molar-refractivity contribution in [2.24, 2.45) is 0 Å². The lowest BCUT2D eigenvalue weighted by Crippen LogP contribution is -2.29. The van der Waals surface area contributed by atoms with Gasteiger partial charge in [0, 0.05) is 51.6 Å². The summed E-state index contributed by atoms with van der Waals surface area (Å²) in [6, 6.07) is 18.5. The molecule has 1 unspecified atom stereocenters. The molecule has 2 heterocycles. The van der Waals surface area contributed by atoms with Gasteiger partial charge in [0.1, 0.15) is 11.5 Å². The van der Waals surface area contributed by atoms with E-state index in [1.165, 1.54) is 36.3 Å². The van der Waals surface area contributed by atoms with E-state index in [-0.39, 0.29) is 16.8 Å². The van der Waals surface area contributed by atoms with Gasteiger partial charge < -0.3 is 14.8 Å². The van der Waals surface area contributed by atoms with Crippen molar-refractivity contribution in [1.29, 1.82) is 0 Å². The van der Waals surface area contributed by atoms with E-state index in [1.54, 1.807) is 24.3 Å². The molecule has 1 saturated heterocycles. The van der Waals surface area contributed by atoms with Crippen molar-refractivity contribution in [3.05, 3.63) is 105 Å². The smallest absolute Gasteiger partial charge is 0.300 e. The second-order valence-electron chi connectivity index (χ2n) is 8.38. The van der Waals surface area contributed by atoms with Gasteiger partial charge in [-0.05, 0) is 37.3 Å². The van der Waals surface area contributed by atoms with E-state index >= 15 is 0 Å². The van der Waals surface area contributed by atoms with Crippen molar-refractivity contribution in [2.75, 3.05) is 12.0 Å². The van der Waals surface area contributed by atoms with Crippen molar-refractivity contribution in [2.45, 2.75) is 13.0 Å². The predicted octanol–water partition coefficient (Wildman–Crippen LogP) is 5.02. The molecule has 2 N–H and O–H groups in total. The Bertz CT molecular complexity index is 1570. The minimum Gasteiger partial charge on any atom is -0.507 e. The molecule has 1 amide bonds. The van der Waals surface area contributed by atoms with E-state index in [0.717, 1.165) is 16.6 Å². The minimum absolute atomic E-state index is 0.107. The van der Waals surface area contributed by atoms with Crippen molar-refractivity contribution in [1.82, 2.24) is 4.98 Å². The average molecular weight is 483 g/mol. The van der Waals surface area contributed by atoms with Crippen molar-refractivity contribution < 1.29 is 24.4 Å². The number of nitro benzene ring substituents is 1. The maximum absolute atomic E-state index is 13.4. The van der Waals surface area contributed by atoms with E-state index in [0.29, 0.717) is 17.0 Å². The number of amides is 1. The number of hydrogen-bond acceptors (Lipinski definition) is 6. The molecule has 0 bridgehead atoms. The van der Waals surface area contributed by atoms with Gasteiger partial charge in [-0.1, -0.05) is 24.3 Å². The zero-order chi connectivity index (χ0) is 25.6. The number of Topliss-reactive ketones (excluding diaryl/α,β-unsaturated/α-hetero) is 1. The normalized spacial score (nSPS) is 17.1. The van der Waals surface area contributed by atoms with Crippen LogP contribution in [0, 0.1) is 17.0 Å². The maximum atomic E-state index is 13.4. The van der Waals surface area contributed by atoms with Crippen LogP contribution in [-0.2, 0) is 9.59 Å². The lowest BCUT2D eigenvalue weighted by Gasteiger charge is -2.26. The highest BCUT2D eigenvalue weighted by molar-refractivity contribution is 6.52. The van der Waals surface area contributed by atoms with Gasteiger partial charge >= 0.3 is 0 Å². The second kappa shape index (κ2) is 8.70. The zero-order valence-electron chi connectivity index (χ0n) is 19.4. The lowest BCUT2D eigenvalue weighted by molar-refractivity contribution is -0.384. The predicted molar refractivity (Wildman–Crippen MR) is 134 cm³/mol. The molecular weight excluding hydrogens is 462 g/mol. The number of methoxy groups -OCH3 is 1. The Labute approximate surface area is 205 Å². The largest absolute Gasteiger partial charge is 0.507 e. The highest BCUT2D eigenvalue weighted by Gasteiger charge is 2.48. The van der Waals surface area contributed by atoms with Gasteiger partial charge in [-0.25, -0.2) is 0 Å². The van der Waals surface area contributed by atoms with Crippen LogP contribution in [0.3, 0.4) is 0 Å². The van der Waals surface area contributed by atoms with Crippen LogP contribution in [0.1, 0.15) is 22.9 Å². The number of nitro groups is 1. The number of aliphatic hydroxyl groups is 1. The minimum atomic E-state index is -0.955. The van der Waals surface area contributed by atoms with Gasteiger partial charge in [0.25, 0.3) is 17.4 Å². The van der Waals surface area contributed by atoms with Gasteiger partial charge in [0.15, 0.2) is 0 Å². The molecule has 3 aromatic carbocycles. The van der Waals surface area contributed by atoms with Gasteiger partial charge in [-0.15, -0.1) is 0 Å². The average Bonchev–Trinajstić information content (AvgIpc) is 3.35. The number of H-pyrrole nitrogens is 1. The fourth-order valence-corrected chi connectivity index (χ4v) is 4.68. The Kier molecular flexibility index (Phi) is 5.52. The zero-order valence-corrected chi connectivity index (χ0v) is 19.4. The van der Waals surface area contributed by atoms with Gasteiger partial charge in [-0.3, -0.25) is 24.6 Å². The molecule has 4 aromatic rings. The van der Waals surface area contributed by atoms with Gasteiger partial charge in [0.2, 0.25) is 0 Å². The van der Waals surface area contributed by atoms with E-state index in [2.05, 4.69) is 4.98 Å². The molecule has 0 aliphatic carbocycles. The Morgan fingerprint density at radius 3 is 2.47 bits per heavy atom. The van der Waals surface area contributed by atoms with Crippen molar-refractivity contribution in [3.8, 4) is 5.75 Å². The van der Waals surface area contributed by atoms with Crippen LogP contribution in [0.2, 0.25) is 0 Å². The number of fused-ring (bicyclic) bond motifs is 1. The number of nitrogens with one attached hydrogen (secondary N) is 1. The van der Waals surface area contributed by atoms with Crippen LogP contribution in [-0.4, -0.2) is 33.8 Å². The number of para-hydroxylation sites is 1.